The van der Waals surface area contributed by atoms with Gasteiger partial charge in [0, 0.05) is 12.1 Å². The van der Waals surface area contributed by atoms with Crippen LogP contribution in [0.5, 0.6) is 0 Å². The van der Waals surface area contributed by atoms with E-state index < -0.39 is 0 Å². The van der Waals surface area contributed by atoms with Crippen molar-refractivity contribution in [3.63, 3.8) is 0 Å². The maximum atomic E-state index is 5.92. The molecule has 1 saturated carbocycles. The molecule has 14 heavy (non-hydrogen) atoms. The molecule has 2 rings (SSSR count). The van der Waals surface area contributed by atoms with Gasteiger partial charge in [-0.25, -0.2) is 0 Å². The molecule has 82 valence electrons. The summed E-state index contributed by atoms with van der Waals surface area (Å²) in [4.78, 5) is 2.69. The third kappa shape index (κ3) is 2.29. The summed E-state index contributed by atoms with van der Waals surface area (Å²) >= 11 is 0. The van der Waals surface area contributed by atoms with Crippen LogP contribution in [0.15, 0.2) is 0 Å². The van der Waals surface area contributed by atoms with Gasteiger partial charge in [-0.2, -0.15) is 0 Å². The quantitative estimate of drug-likeness (QED) is 0.732. The molecular formula is C12H24N2. The summed E-state index contributed by atoms with van der Waals surface area (Å²) in [6.45, 7) is 4.84. The first-order valence-corrected chi connectivity index (χ1v) is 6.29. The van der Waals surface area contributed by atoms with Crippen LogP contribution in [0.2, 0.25) is 0 Å². The average Bonchev–Trinajstić information content (AvgIpc) is 2.67. The fraction of sp³-hybridized carbons (Fsp3) is 1.00. The van der Waals surface area contributed by atoms with Gasteiger partial charge in [0.25, 0.3) is 0 Å². The Labute approximate surface area is 87.8 Å². The topological polar surface area (TPSA) is 29.3 Å². The Kier molecular flexibility index (Phi) is 3.45. The van der Waals surface area contributed by atoms with Crippen molar-refractivity contribution < 1.29 is 0 Å². The lowest BCUT2D eigenvalue weighted by molar-refractivity contribution is 0.152. The van der Waals surface area contributed by atoms with E-state index in [-0.39, 0.29) is 0 Å². The first-order chi connectivity index (χ1) is 6.79. The third-order valence-corrected chi connectivity index (χ3v) is 4.18. The van der Waals surface area contributed by atoms with Crippen molar-refractivity contribution in [3.8, 4) is 0 Å². The molecule has 1 saturated heterocycles. The smallest absolute Gasteiger partial charge is 0.00980 e. The average molecular weight is 196 g/mol. The minimum absolute atomic E-state index is 0.481. The highest BCUT2D eigenvalue weighted by Crippen LogP contribution is 2.32. The lowest BCUT2D eigenvalue weighted by Crippen LogP contribution is -2.44. The van der Waals surface area contributed by atoms with Crippen LogP contribution in [0, 0.1) is 5.92 Å². The highest BCUT2D eigenvalue weighted by Gasteiger charge is 2.29. The highest BCUT2D eigenvalue weighted by molar-refractivity contribution is 4.85. The molecule has 0 spiro atoms. The van der Waals surface area contributed by atoms with Crippen molar-refractivity contribution in [2.24, 2.45) is 11.7 Å². The van der Waals surface area contributed by atoms with Gasteiger partial charge in [0.1, 0.15) is 0 Å². The van der Waals surface area contributed by atoms with Gasteiger partial charge in [-0.1, -0.05) is 13.3 Å². The Balaban J connectivity index is 1.79. The number of piperidine rings is 1. The van der Waals surface area contributed by atoms with Gasteiger partial charge in [-0.3, -0.25) is 0 Å². The summed E-state index contributed by atoms with van der Waals surface area (Å²) in [5, 5.41) is 0. The van der Waals surface area contributed by atoms with E-state index in [1.165, 1.54) is 51.6 Å². The Morgan fingerprint density at radius 2 is 1.86 bits per heavy atom. The predicted octanol–water partition coefficient (Wildman–Crippen LogP) is 1.99. The second-order valence-corrected chi connectivity index (χ2v) is 5.11. The molecule has 0 radical (unpaired) electrons. The summed E-state index contributed by atoms with van der Waals surface area (Å²) in [7, 11) is 0. The van der Waals surface area contributed by atoms with Crippen molar-refractivity contribution in [2.75, 3.05) is 13.1 Å². The summed E-state index contributed by atoms with van der Waals surface area (Å²) < 4.78 is 0. The second-order valence-electron chi connectivity index (χ2n) is 5.11. The normalized spacial score (nSPS) is 36.4. The Morgan fingerprint density at radius 1 is 1.14 bits per heavy atom. The van der Waals surface area contributed by atoms with Crippen LogP contribution in [0.3, 0.4) is 0 Å². The van der Waals surface area contributed by atoms with Crippen LogP contribution in [0.25, 0.3) is 0 Å². The van der Waals surface area contributed by atoms with Gasteiger partial charge in [0.15, 0.2) is 0 Å². The first-order valence-electron chi connectivity index (χ1n) is 6.29. The second kappa shape index (κ2) is 4.63. The molecular weight excluding hydrogens is 172 g/mol. The van der Waals surface area contributed by atoms with Crippen LogP contribution in [-0.2, 0) is 0 Å². The lowest BCUT2D eigenvalue weighted by atomic mass is 10.0. The molecule has 2 heteroatoms. The minimum atomic E-state index is 0.481. The molecule has 0 amide bonds. The van der Waals surface area contributed by atoms with Crippen molar-refractivity contribution in [1.82, 2.24) is 4.90 Å². The van der Waals surface area contributed by atoms with Crippen LogP contribution in [0.4, 0.5) is 0 Å². The molecule has 2 nitrogen and oxygen atoms in total. The molecule has 1 heterocycles. The molecule has 2 unspecified atom stereocenters. The zero-order chi connectivity index (χ0) is 9.97. The van der Waals surface area contributed by atoms with E-state index in [2.05, 4.69) is 11.8 Å². The van der Waals surface area contributed by atoms with Gasteiger partial charge in [-0.15, -0.1) is 0 Å². The van der Waals surface area contributed by atoms with Gasteiger partial charge in [-0.05, 0) is 51.1 Å². The Bertz CT molecular complexity index is 173. The van der Waals surface area contributed by atoms with E-state index in [1.807, 2.05) is 0 Å². The minimum Gasteiger partial charge on any atom is -0.328 e. The SMILES string of the molecule is CCC1CCC(N2CCC(N)CC2)C1. The maximum Gasteiger partial charge on any atom is 0.00980 e. The monoisotopic (exact) mass is 196 g/mol. The molecule has 2 atom stereocenters. The van der Waals surface area contributed by atoms with Crippen molar-refractivity contribution >= 4 is 0 Å². The van der Waals surface area contributed by atoms with E-state index in [1.54, 1.807) is 0 Å². The first kappa shape index (κ1) is 10.4. The summed E-state index contributed by atoms with van der Waals surface area (Å²) in [5.41, 5.74) is 5.92. The van der Waals surface area contributed by atoms with Gasteiger partial charge >= 0.3 is 0 Å². The number of rotatable bonds is 2. The van der Waals surface area contributed by atoms with E-state index >= 15 is 0 Å². The Morgan fingerprint density at radius 3 is 2.43 bits per heavy atom. The molecule has 2 fully saturated rings. The zero-order valence-electron chi connectivity index (χ0n) is 9.41. The van der Waals surface area contributed by atoms with Crippen LogP contribution >= 0.6 is 0 Å². The predicted molar refractivity (Wildman–Crippen MR) is 60.2 cm³/mol. The number of nitrogens with zero attached hydrogens (tertiary/aromatic N) is 1. The Hall–Kier alpha value is -0.0800. The van der Waals surface area contributed by atoms with Crippen molar-refractivity contribution in [3.05, 3.63) is 0 Å². The molecule has 1 aliphatic carbocycles. The van der Waals surface area contributed by atoms with E-state index in [0.717, 1.165) is 12.0 Å². The highest BCUT2D eigenvalue weighted by atomic mass is 15.2. The maximum absolute atomic E-state index is 5.92. The van der Waals surface area contributed by atoms with E-state index in [0.29, 0.717) is 6.04 Å². The molecule has 0 aromatic carbocycles. The van der Waals surface area contributed by atoms with Crippen LogP contribution in [0.1, 0.15) is 45.4 Å². The van der Waals surface area contributed by atoms with Crippen molar-refractivity contribution in [1.29, 1.82) is 0 Å². The number of likely N-dealkylation sites (tertiary alicyclic amines) is 1. The van der Waals surface area contributed by atoms with Gasteiger partial charge in [0.05, 0.1) is 0 Å². The van der Waals surface area contributed by atoms with E-state index in [9.17, 15) is 0 Å². The lowest BCUT2D eigenvalue weighted by Gasteiger charge is -2.34. The standard InChI is InChI=1S/C12H24N2/c1-2-10-3-4-12(9-10)14-7-5-11(13)6-8-14/h10-12H,2-9,13H2,1H3. The summed E-state index contributed by atoms with van der Waals surface area (Å²) in [6, 6.07) is 1.38. The molecule has 0 aromatic heterocycles. The third-order valence-electron chi connectivity index (χ3n) is 4.18. The molecule has 0 aromatic rings. The fourth-order valence-corrected chi connectivity index (χ4v) is 3.04. The van der Waals surface area contributed by atoms with Gasteiger partial charge < -0.3 is 10.6 Å². The van der Waals surface area contributed by atoms with Crippen LogP contribution in [-0.4, -0.2) is 30.1 Å². The molecule has 2 aliphatic rings. The molecule has 0 bridgehead atoms. The summed E-state index contributed by atoms with van der Waals surface area (Å²) in [5.74, 6) is 1.01. The van der Waals surface area contributed by atoms with Gasteiger partial charge in [0.2, 0.25) is 0 Å². The largest absolute Gasteiger partial charge is 0.328 e. The molecule has 1 aliphatic heterocycles. The number of nitrogens with two attached hydrogens (primary N) is 1. The van der Waals surface area contributed by atoms with Crippen LogP contribution < -0.4 is 5.73 Å². The molecule has 2 N–H and O–H groups in total. The number of hydrogen-bond acceptors (Lipinski definition) is 2. The van der Waals surface area contributed by atoms with E-state index in [4.69, 9.17) is 5.73 Å². The van der Waals surface area contributed by atoms with Crippen molar-refractivity contribution in [2.45, 2.75) is 57.5 Å². The fourth-order valence-electron chi connectivity index (χ4n) is 3.04. The summed E-state index contributed by atoms with van der Waals surface area (Å²) in [6.07, 6.45) is 8.16. The zero-order valence-corrected chi connectivity index (χ0v) is 9.41. The number of hydrogen-bond donors (Lipinski definition) is 1.